The summed E-state index contributed by atoms with van der Waals surface area (Å²) in [7, 11) is 0. The molecule has 0 aliphatic heterocycles. The summed E-state index contributed by atoms with van der Waals surface area (Å²) in [5.74, 6) is 0. The maximum absolute atomic E-state index is 5.80. The fraction of sp³-hybridized carbons (Fsp3) is 0.750. The Kier molecular flexibility index (Phi) is 4.33. The molecule has 15 heavy (non-hydrogen) atoms. The van der Waals surface area contributed by atoms with Crippen molar-refractivity contribution in [3.05, 3.63) is 17.0 Å². The molecule has 0 saturated carbocycles. The lowest BCUT2D eigenvalue weighted by Gasteiger charge is -2.16. The molecule has 1 heterocycles. The van der Waals surface area contributed by atoms with Crippen LogP contribution in [0.4, 0.5) is 0 Å². The zero-order chi connectivity index (χ0) is 11.4. The highest BCUT2D eigenvalue weighted by Crippen LogP contribution is 2.20. The Bertz CT molecular complexity index is 315. The fourth-order valence-corrected chi connectivity index (χ4v) is 2.24. The third kappa shape index (κ3) is 2.40. The van der Waals surface area contributed by atoms with Gasteiger partial charge in [0, 0.05) is 12.2 Å². The van der Waals surface area contributed by atoms with Crippen molar-refractivity contribution in [2.75, 3.05) is 6.54 Å². The molecule has 0 fully saturated rings. The minimum atomic E-state index is 0.369. The minimum Gasteiger partial charge on any atom is -0.328 e. The van der Waals surface area contributed by atoms with Gasteiger partial charge in [0.25, 0.3) is 0 Å². The second kappa shape index (κ2) is 5.31. The first-order valence-electron chi connectivity index (χ1n) is 5.90. The molecular formula is C12H23N3. The molecule has 0 aliphatic carbocycles. The van der Waals surface area contributed by atoms with Crippen LogP contribution < -0.4 is 5.73 Å². The maximum atomic E-state index is 5.80. The van der Waals surface area contributed by atoms with E-state index < -0.39 is 0 Å². The Balaban J connectivity index is 3.02. The van der Waals surface area contributed by atoms with E-state index in [-0.39, 0.29) is 0 Å². The van der Waals surface area contributed by atoms with Crippen molar-refractivity contribution in [2.45, 2.75) is 53.0 Å². The molecular weight excluding hydrogens is 186 g/mol. The molecule has 0 amide bonds. The van der Waals surface area contributed by atoms with Gasteiger partial charge in [-0.3, -0.25) is 4.68 Å². The van der Waals surface area contributed by atoms with Gasteiger partial charge in [-0.05, 0) is 32.3 Å². The summed E-state index contributed by atoms with van der Waals surface area (Å²) in [4.78, 5) is 0. The summed E-state index contributed by atoms with van der Waals surface area (Å²) in [6.07, 6.45) is 3.32. The average molecular weight is 209 g/mol. The van der Waals surface area contributed by atoms with E-state index in [1.807, 2.05) is 0 Å². The molecule has 1 atom stereocenters. The lowest BCUT2D eigenvalue weighted by Crippen LogP contribution is -2.21. The molecule has 0 spiro atoms. The lowest BCUT2D eigenvalue weighted by molar-refractivity contribution is 0.419. The summed E-state index contributed by atoms with van der Waals surface area (Å²) >= 11 is 0. The third-order valence-electron chi connectivity index (χ3n) is 3.07. The molecule has 3 nitrogen and oxygen atoms in total. The number of aromatic nitrogens is 2. The zero-order valence-corrected chi connectivity index (χ0v) is 10.4. The minimum absolute atomic E-state index is 0.369. The monoisotopic (exact) mass is 209 g/mol. The number of aryl methyl sites for hydroxylation is 1. The van der Waals surface area contributed by atoms with E-state index in [1.54, 1.807) is 0 Å². The van der Waals surface area contributed by atoms with Crippen LogP contribution in [0.5, 0.6) is 0 Å². The summed E-state index contributed by atoms with van der Waals surface area (Å²) in [5.41, 5.74) is 9.63. The average Bonchev–Trinajstić information content (AvgIpc) is 2.50. The van der Waals surface area contributed by atoms with E-state index in [0.717, 1.165) is 25.0 Å². The van der Waals surface area contributed by atoms with Gasteiger partial charge in [-0.15, -0.1) is 0 Å². The summed E-state index contributed by atoms with van der Waals surface area (Å²) in [6.45, 7) is 9.28. The smallest absolute Gasteiger partial charge is 0.0644 e. The highest BCUT2D eigenvalue weighted by atomic mass is 15.3. The molecule has 86 valence electrons. The van der Waals surface area contributed by atoms with Gasteiger partial charge in [0.1, 0.15) is 0 Å². The van der Waals surface area contributed by atoms with E-state index in [9.17, 15) is 0 Å². The first kappa shape index (κ1) is 12.2. The predicted octanol–water partition coefficient (Wildman–Crippen LogP) is 2.36. The summed E-state index contributed by atoms with van der Waals surface area (Å²) in [6, 6.07) is 0.369. The Morgan fingerprint density at radius 1 is 1.33 bits per heavy atom. The molecule has 0 aliphatic rings. The largest absolute Gasteiger partial charge is 0.328 e. The lowest BCUT2D eigenvalue weighted by atomic mass is 10.1. The van der Waals surface area contributed by atoms with Crippen molar-refractivity contribution >= 4 is 0 Å². The van der Waals surface area contributed by atoms with Gasteiger partial charge in [0.15, 0.2) is 0 Å². The number of nitrogens with two attached hydrogens (primary N) is 1. The molecule has 1 aromatic rings. The molecule has 0 aromatic carbocycles. The highest BCUT2D eigenvalue weighted by molar-refractivity contribution is 5.24. The van der Waals surface area contributed by atoms with Gasteiger partial charge in [0.05, 0.1) is 11.7 Å². The first-order valence-corrected chi connectivity index (χ1v) is 5.90. The van der Waals surface area contributed by atoms with Gasteiger partial charge >= 0.3 is 0 Å². The van der Waals surface area contributed by atoms with Crippen LogP contribution >= 0.6 is 0 Å². The molecule has 1 aromatic heterocycles. The van der Waals surface area contributed by atoms with E-state index in [1.165, 1.54) is 11.3 Å². The van der Waals surface area contributed by atoms with Crippen molar-refractivity contribution in [2.24, 2.45) is 5.73 Å². The van der Waals surface area contributed by atoms with Gasteiger partial charge < -0.3 is 5.73 Å². The highest BCUT2D eigenvalue weighted by Gasteiger charge is 2.15. The standard InChI is InChI=1S/C12H23N3/c1-5-7-11(8-13)15-10(4)12(6-2)9(3)14-15/h11H,5-8,13H2,1-4H3. The molecule has 2 N–H and O–H groups in total. The predicted molar refractivity (Wildman–Crippen MR) is 64.1 cm³/mol. The molecule has 0 bridgehead atoms. The van der Waals surface area contributed by atoms with Crippen LogP contribution in [0.1, 0.15) is 49.7 Å². The first-order chi connectivity index (χ1) is 7.15. The van der Waals surface area contributed by atoms with Crippen molar-refractivity contribution in [1.82, 2.24) is 9.78 Å². The van der Waals surface area contributed by atoms with Crippen LogP contribution in [0.3, 0.4) is 0 Å². The van der Waals surface area contributed by atoms with Gasteiger partial charge in [0.2, 0.25) is 0 Å². The SMILES string of the molecule is CCCC(CN)n1nc(C)c(CC)c1C. The van der Waals surface area contributed by atoms with E-state index in [4.69, 9.17) is 5.73 Å². The van der Waals surface area contributed by atoms with Crippen LogP contribution in [0.25, 0.3) is 0 Å². The Morgan fingerprint density at radius 3 is 2.40 bits per heavy atom. The van der Waals surface area contributed by atoms with Crippen molar-refractivity contribution in [3.8, 4) is 0 Å². The van der Waals surface area contributed by atoms with Crippen molar-refractivity contribution in [3.63, 3.8) is 0 Å². The quantitative estimate of drug-likeness (QED) is 0.809. The van der Waals surface area contributed by atoms with Crippen molar-refractivity contribution in [1.29, 1.82) is 0 Å². The topological polar surface area (TPSA) is 43.8 Å². The second-order valence-corrected chi connectivity index (χ2v) is 4.13. The Morgan fingerprint density at radius 2 is 2.00 bits per heavy atom. The van der Waals surface area contributed by atoms with Gasteiger partial charge in [-0.25, -0.2) is 0 Å². The summed E-state index contributed by atoms with van der Waals surface area (Å²) in [5, 5.41) is 4.61. The Hall–Kier alpha value is -0.830. The summed E-state index contributed by atoms with van der Waals surface area (Å²) < 4.78 is 2.12. The van der Waals surface area contributed by atoms with Crippen LogP contribution in [0, 0.1) is 13.8 Å². The molecule has 1 unspecified atom stereocenters. The molecule has 0 saturated heterocycles. The number of hydrogen-bond donors (Lipinski definition) is 1. The normalized spacial score (nSPS) is 13.1. The number of nitrogens with zero attached hydrogens (tertiary/aromatic N) is 2. The van der Waals surface area contributed by atoms with Gasteiger partial charge in [-0.1, -0.05) is 20.3 Å². The third-order valence-corrected chi connectivity index (χ3v) is 3.07. The van der Waals surface area contributed by atoms with Gasteiger partial charge in [-0.2, -0.15) is 5.10 Å². The van der Waals surface area contributed by atoms with Crippen LogP contribution in [-0.4, -0.2) is 16.3 Å². The molecule has 3 heteroatoms. The van der Waals surface area contributed by atoms with E-state index in [0.29, 0.717) is 12.6 Å². The number of hydrogen-bond acceptors (Lipinski definition) is 2. The van der Waals surface area contributed by atoms with Crippen LogP contribution in [0.2, 0.25) is 0 Å². The fourth-order valence-electron chi connectivity index (χ4n) is 2.24. The van der Waals surface area contributed by atoms with E-state index in [2.05, 4.69) is 37.5 Å². The zero-order valence-electron chi connectivity index (χ0n) is 10.4. The second-order valence-electron chi connectivity index (χ2n) is 4.13. The van der Waals surface area contributed by atoms with Crippen LogP contribution in [-0.2, 0) is 6.42 Å². The molecule has 0 radical (unpaired) electrons. The van der Waals surface area contributed by atoms with Crippen LogP contribution in [0.15, 0.2) is 0 Å². The maximum Gasteiger partial charge on any atom is 0.0644 e. The van der Waals surface area contributed by atoms with E-state index >= 15 is 0 Å². The Labute approximate surface area is 92.7 Å². The molecule has 1 rings (SSSR count). The number of rotatable bonds is 5. The van der Waals surface area contributed by atoms with Crippen molar-refractivity contribution < 1.29 is 0 Å².